The molecule has 0 aliphatic rings. The molecule has 2 N–H and O–H groups in total. The van der Waals surface area contributed by atoms with Gasteiger partial charge in [-0.2, -0.15) is 0 Å². The number of benzene rings is 2. The third kappa shape index (κ3) is 6.28. The van der Waals surface area contributed by atoms with Crippen LogP contribution < -0.4 is 10.0 Å². The van der Waals surface area contributed by atoms with Gasteiger partial charge in [0.2, 0.25) is 0 Å². The van der Waals surface area contributed by atoms with Crippen molar-refractivity contribution >= 4 is 27.6 Å². The number of rotatable bonds is 6. The number of anilines is 1. The Labute approximate surface area is 169 Å². The molecule has 0 fully saturated rings. The third-order valence-electron chi connectivity index (χ3n) is 3.67. The zero-order valence-electron chi connectivity index (χ0n) is 16.6. The monoisotopic (exact) mass is 422 g/mol. The summed E-state index contributed by atoms with van der Waals surface area (Å²) >= 11 is 0. The molecule has 1 amide bonds. The lowest BCUT2D eigenvalue weighted by molar-refractivity contribution is -0.125. The van der Waals surface area contributed by atoms with Crippen LogP contribution in [-0.2, 0) is 19.6 Å². The van der Waals surface area contributed by atoms with Crippen LogP contribution in [0.4, 0.5) is 10.1 Å². The summed E-state index contributed by atoms with van der Waals surface area (Å²) in [6, 6.07) is 9.12. The van der Waals surface area contributed by atoms with Crippen LogP contribution in [0.2, 0.25) is 0 Å². The second kappa shape index (κ2) is 8.60. The molecule has 0 saturated heterocycles. The van der Waals surface area contributed by atoms with E-state index < -0.39 is 39.9 Å². The highest BCUT2D eigenvalue weighted by atomic mass is 32.2. The van der Waals surface area contributed by atoms with Gasteiger partial charge in [-0.3, -0.25) is 9.52 Å². The van der Waals surface area contributed by atoms with Crippen LogP contribution in [0, 0.1) is 12.7 Å². The summed E-state index contributed by atoms with van der Waals surface area (Å²) in [5, 5.41) is 2.65. The summed E-state index contributed by atoms with van der Waals surface area (Å²) in [5.41, 5.74) is -0.336. The predicted molar refractivity (Wildman–Crippen MR) is 107 cm³/mol. The van der Waals surface area contributed by atoms with Crippen molar-refractivity contribution in [3.63, 3.8) is 0 Å². The molecule has 0 bridgehead atoms. The molecule has 0 saturated carbocycles. The molecule has 9 heteroatoms. The van der Waals surface area contributed by atoms with Gasteiger partial charge in [-0.25, -0.2) is 17.6 Å². The standard InChI is InChI=1S/C20H23FN2O5S/c1-13-11-14(21)9-10-17(13)29(26,27)23-16-8-6-5-7-15(16)19(25)28-12-18(24)22-20(2,3)4/h5-11,23H,12H2,1-4H3,(H,22,24). The molecule has 156 valence electrons. The number of amides is 1. The summed E-state index contributed by atoms with van der Waals surface area (Å²) < 4.78 is 46.0. The molecule has 0 radical (unpaired) electrons. The van der Waals surface area contributed by atoms with Gasteiger partial charge in [0.05, 0.1) is 16.1 Å². The summed E-state index contributed by atoms with van der Waals surface area (Å²) in [4.78, 5) is 24.1. The van der Waals surface area contributed by atoms with Crippen molar-refractivity contribution in [2.75, 3.05) is 11.3 Å². The Bertz CT molecular complexity index is 1030. The first-order valence-corrected chi connectivity index (χ1v) is 10.2. The molecular weight excluding hydrogens is 399 g/mol. The molecule has 2 aromatic carbocycles. The summed E-state index contributed by atoms with van der Waals surface area (Å²) in [5.74, 6) is -1.90. The van der Waals surface area contributed by atoms with Gasteiger partial charge in [0, 0.05) is 5.54 Å². The van der Waals surface area contributed by atoms with Crippen molar-refractivity contribution in [3.8, 4) is 0 Å². The van der Waals surface area contributed by atoms with Gasteiger partial charge in [0.25, 0.3) is 15.9 Å². The number of sulfonamides is 1. The number of nitrogens with one attached hydrogen (secondary N) is 2. The van der Waals surface area contributed by atoms with E-state index in [1.807, 2.05) is 0 Å². The van der Waals surface area contributed by atoms with Crippen molar-refractivity contribution in [2.45, 2.75) is 38.1 Å². The van der Waals surface area contributed by atoms with Crippen molar-refractivity contribution < 1.29 is 27.1 Å². The Balaban J connectivity index is 2.20. The number of para-hydroxylation sites is 1. The number of halogens is 1. The molecule has 2 rings (SSSR count). The number of hydrogen-bond acceptors (Lipinski definition) is 5. The lowest BCUT2D eigenvalue weighted by Crippen LogP contribution is -2.42. The molecule has 2 aromatic rings. The molecule has 0 unspecified atom stereocenters. The number of hydrogen-bond donors (Lipinski definition) is 2. The highest BCUT2D eigenvalue weighted by molar-refractivity contribution is 7.92. The van der Waals surface area contributed by atoms with E-state index >= 15 is 0 Å². The molecule has 29 heavy (non-hydrogen) atoms. The Morgan fingerprint density at radius 1 is 1.10 bits per heavy atom. The van der Waals surface area contributed by atoms with E-state index in [-0.39, 0.29) is 21.7 Å². The third-order valence-corrected chi connectivity index (χ3v) is 5.19. The lowest BCUT2D eigenvalue weighted by Gasteiger charge is -2.20. The first-order valence-electron chi connectivity index (χ1n) is 8.75. The zero-order chi connectivity index (χ0) is 21.8. The smallest absolute Gasteiger partial charge is 0.340 e. The second-order valence-corrected chi connectivity index (χ2v) is 9.09. The number of carbonyl (C=O) groups excluding carboxylic acids is 2. The largest absolute Gasteiger partial charge is 0.452 e. The van der Waals surface area contributed by atoms with Gasteiger partial charge in [0.15, 0.2) is 6.61 Å². The van der Waals surface area contributed by atoms with E-state index in [0.29, 0.717) is 0 Å². The maximum absolute atomic E-state index is 13.3. The second-order valence-electron chi connectivity index (χ2n) is 7.44. The van der Waals surface area contributed by atoms with Gasteiger partial charge >= 0.3 is 5.97 Å². The molecule has 0 aliphatic heterocycles. The topological polar surface area (TPSA) is 102 Å². The zero-order valence-corrected chi connectivity index (χ0v) is 17.4. The Hall–Kier alpha value is -2.94. The highest BCUT2D eigenvalue weighted by Gasteiger charge is 2.22. The lowest BCUT2D eigenvalue weighted by atomic mass is 10.1. The maximum atomic E-state index is 13.3. The first-order chi connectivity index (χ1) is 13.4. The summed E-state index contributed by atoms with van der Waals surface area (Å²) in [7, 11) is -4.08. The minimum Gasteiger partial charge on any atom is -0.452 e. The molecular formula is C20H23FN2O5S. The van der Waals surface area contributed by atoms with E-state index in [1.165, 1.54) is 25.1 Å². The van der Waals surface area contributed by atoms with Crippen LogP contribution in [0.25, 0.3) is 0 Å². The average Bonchev–Trinajstić information content (AvgIpc) is 2.58. The fourth-order valence-corrected chi connectivity index (χ4v) is 3.83. The van der Waals surface area contributed by atoms with Gasteiger partial charge in [-0.05, 0) is 63.6 Å². The highest BCUT2D eigenvalue weighted by Crippen LogP contribution is 2.23. The Morgan fingerprint density at radius 2 is 1.76 bits per heavy atom. The van der Waals surface area contributed by atoms with E-state index in [1.54, 1.807) is 26.8 Å². The van der Waals surface area contributed by atoms with E-state index in [2.05, 4.69) is 10.0 Å². The average molecular weight is 422 g/mol. The molecule has 0 atom stereocenters. The maximum Gasteiger partial charge on any atom is 0.340 e. The number of carbonyl (C=O) groups is 2. The van der Waals surface area contributed by atoms with E-state index in [4.69, 9.17) is 4.74 Å². The summed E-state index contributed by atoms with van der Waals surface area (Å²) in [6.45, 7) is 6.32. The van der Waals surface area contributed by atoms with Crippen LogP contribution in [-0.4, -0.2) is 32.4 Å². The molecule has 0 aromatic heterocycles. The number of aryl methyl sites for hydroxylation is 1. The van der Waals surface area contributed by atoms with Crippen molar-refractivity contribution in [1.82, 2.24) is 5.32 Å². The van der Waals surface area contributed by atoms with Crippen LogP contribution in [0.5, 0.6) is 0 Å². The quantitative estimate of drug-likeness (QED) is 0.697. The van der Waals surface area contributed by atoms with E-state index in [0.717, 1.165) is 18.2 Å². The van der Waals surface area contributed by atoms with Crippen LogP contribution in [0.1, 0.15) is 36.7 Å². The fourth-order valence-electron chi connectivity index (χ4n) is 2.53. The number of ether oxygens (including phenoxy) is 1. The Morgan fingerprint density at radius 3 is 2.38 bits per heavy atom. The molecule has 0 heterocycles. The van der Waals surface area contributed by atoms with Crippen molar-refractivity contribution in [1.29, 1.82) is 0 Å². The van der Waals surface area contributed by atoms with Crippen molar-refractivity contribution in [2.24, 2.45) is 0 Å². The molecule has 7 nitrogen and oxygen atoms in total. The van der Waals surface area contributed by atoms with Crippen LogP contribution >= 0.6 is 0 Å². The Kier molecular flexibility index (Phi) is 6.63. The van der Waals surface area contributed by atoms with Gasteiger partial charge in [-0.1, -0.05) is 12.1 Å². The van der Waals surface area contributed by atoms with E-state index in [9.17, 15) is 22.4 Å². The van der Waals surface area contributed by atoms with Crippen LogP contribution in [0.15, 0.2) is 47.4 Å². The molecule has 0 aliphatic carbocycles. The fraction of sp³-hybridized carbons (Fsp3) is 0.300. The van der Waals surface area contributed by atoms with Crippen LogP contribution in [0.3, 0.4) is 0 Å². The minimum absolute atomic E-state index is 0.0162. The first kappa shape index (κ1) is 22.4. The normalized spacial score (nSPS) is 11.6. The van der Waals surface area contributed by atoms with Gasteiger partial charge in [0.1, 0.15) is 5.82 Å². The number of esters is 1. The van der Waals surface area contributed by atoms with Gasteiger partial charge in [-0.15, -0.1) is 0 Å². The molecule has 0 spiro atoms. The van der Waals surface area contributed by atoms with Gasteiger partial charge < -0.3 is 10.1 Å². The minimum atomic E-state index is -4.08. The van der Waals surface area contributed by atoms with Crippen molar-refractivity contribution in [3.05, 3.63) is 59.4 Å². The summed E-state index contributed by atoms with van der Waals surface area (Å²) in [6.07, 6.45) is 0. The predicted octanol–water partition coefficient (Wildman–Crippen LogP) is 3.01. The SMILES string of the molecule is Cc1cc(F)ccc1S(=O)(=O)Nc1ccccc1C(=O)OCC(=O)NC(C)(C)C.